The molecule has 0 bridgehead atoms. The number of rotatable bonds is 5. The quantitative estimate of drug-likeness (QED) is 0.359. The van der Waals surface area contributed by atoms with Gasteiger partial charge in [0.25, 0.3) is 0 Å². The molecule has 2 heterocycles. The van der Waals surface area contributed by atoms with Gasteiger partial charge in [-0.15, -0.1) is 0 Å². The van der Waals surface area contributed by atoms with Crippen LogP contribution in [0.4, 0.5) is 5.95 Å². The third-order valence-corrected chi connectivity index (χ3v) is 3.90. The Bertz CT molecular complexity index is 1020. The number of hydrogen-bond acceptors (Lipinski definition) is 8. The van der Waals surface area contributed by atoms with Crippen molar-refractivity contribution in [1.29, 1.82) is 0 Å². The second-order valence-corrected chi connectivity index (χ2v) is 6.50. The van der Waals surface area contributed by atoms with Crippen molar-refractivity contribution in [3.8, 4) is 0 Å². The van der Waals surface area contributed by atoms with E-state index in [1.165, 1.54) is 6.21 Å². The second-order valence-electron chi connectivity index (χ2n) is 6.50. The van der Waals surface area contributed by atoms with E-state index in [0.29, 0.717) is 34.9 Å². The highest BCUT2D eigenvalue weighted by Gasteiger charge is 2.17. The van der Waals surface area contributed by atoms with E-state index < -0.39 is 5.60 Å². The van der Waals surface area contributed by atoms with Crippen LogP contribution in [-0.2, 0) is 12.1 Å². The normalized spacial score (nSPS) is 12.8. The van der Waals surface area contributed by atoms with Gasteiger partial charge >= 0.3 is 0 Å². The van der Waals surface area contributed by atoms with Crippen molar-refractivity contribution < 1.29 is 5.11 Å². The summed E-state index contributed by atoms with van der Waals surface area (Å²) in [4.78, 5) is 17.3. The summed E-state index contributed by atoms with van der Waals surface area (Å²) in [5.74, 6) is 5.69. The van der Waals surface area contributed by atoms with Crippen molar-refractivity contribution in [1.82, 2.24) is 15.0 Å². The van der Waals surface area contributed by atoms with Crippen LogP contribution in [-0.4, -0.2) is 32.0 Å². The van der Waals surface area contributed by atoms with Gasteiger partial charge in [0, 0.05) is 5.39 Å². The van der Waals surface area contributed by atoms with E-state index in [2.05, 4.69) is 25.0 Å². The fourth-order valence-corrected chi connectivity index (χ4v) is 2.58. The van der Waals surface area contributed by atoms with Gasteiger partial charge in [0.2, 0.25) is 5.95 Å². The van der Waals surface area contributed by atoms with Crippen LogP contribution in [0, 0.1) is 0 Å². The van der Waals surface area contributed by atoms with Gasteiger partial charge in [-0.1, -0.05) is 24.3 Å². The number of aliphatic hydroxyl groups is 1. The summed E-state index contributed by atoms with van der Waals surface area (Å²) >= 11 is 0. The van der Waals surface area contributed by atoms with Gasteiger partial charge in [-0.2, -0.15) is 5.10 Å². The van der Waals surface area contributed by atoms with Crippen LogP contribution >= 0.6 is 0 Å². The van der Waals surface area contributed by atoms with Gasteiger partial charge in [0.05, 0.1) is 29.7 Å². The lowest BCUT2D eigenvalue weighted by Gasteiger charge is -2.16. The fraction of sp³-hybridized carbons (Fsp3) is 0.211. The molecule has 2 aromatic heterocycles. The molecular weight excluding hydrogens is 342 g/mol. The molecule has 0 aliphatic heterocycles. The SMILES string of the molecule is CC(C)(O)c1cccc(CN=CC(=NN)c2nc(N)nc3ccccc23)n1. The highest BCUT2D eigenvalue weighted by molar-refractivity contribution is 6.40. The third kappa shape index (κ3) is 4.24. The highest BCUT2D eigenvalue weighted by atomic mass is 16.3. The van der Waals surface area contributed by atoms with Crippen molar-refractivity contribution in [3.05, 3.63) is 59.5 Å². The van der Waals surface area contributed by atoms with Crippen molar-refractivity contribution in [2.45, 2.75) is 26.0 Å². The number of aliphatic imine (C=N–C) groups is 1. The third-order valence-electron chi connectivity index (χ3n) is 3.90. The molecule has 0 amide bonds. The minimum Gasteiger partial charge on any atom is -0.384 e. The van der Waals surface area contributed by atoms with Gasteiger partial charge in [-0.25, -0.2) is 9.97 Å². The maximum Gasteiger partial charge on any atom is 0.221 e. The second kappa shape index (κ2) is 7.46. The van der Waals surface area contributed by atoms with Crippen LogP contribution in [0.25, 0.3) is 10.9 Å². The molecular formula is C19H21N7O. The summed E-state index contributed by atoms with van der Waals surface area (Å²) < 4.78 is 0. The maximum atomic E-state index is 10.1. The number of benzene rings is 1. The fourth-order valence-electron chi connectivity index (χ4n) is 2.58. The predicted octanol–water partition coefficient (Wildman–Crippen LogP) is 1.77. The molecule has 8 heteroatoms. The smallest absolute Gasteiger partial charge is 0.221 e. The number of para-hydroxylation sites is 1. The molecule has 0 aliphatic rings. The number of pyridine rings is 1. The minimum absolute atomic E-state index is 0.137. The average Bonchev–Trinajstić information content (AvgIpc) is 2.64. The first-order valence-corrected chi connectivity index (χ1v) is 8.37. The Balaban J connectivity index is 1.87. The van der Waals surface area contributed by atoms with E-state index >= 15 is 0 Å². The number of anilines is 1. The molecule has 3 rings (SSSR count). The molecule has 8 nitrogen and oxygen atoms in total. The number of hydrogen-bond donors (Lipinski definition) is 3. The Morgan fingerprint density at radius 3 is 2.63 bits per heavy atom. The molecule has 138 valence electrons. The number of nitrogen functional groups attached to an aromatic ring is 1. The Labute approximate surface area is 156 Å². The molecule has 0 saturated heterocycles. The maximum absolute atomic E-state index is 10.1. The Kier molecular flexibility index (Phi) is 5.09. The number of nitrogens with zero attached hydrogens (tertiary/aromatic N) is 5. The summed E-state index contributed by atoms with van der Waals surface area (Å²) in [5, 5.41) is 14.7. The summed E-state index contributed by atoms with van der Waals surface area (Å²) in [6.07, 6.45) is 1.53. The topological polar surface area (TPSA) is 136 Å². The summed E-state index contributed by atoms with van der Waals surface area (Å²) in [5.41, 5.74) is 7.69. The number of fused-ring (bicyclic) bond motifs is 1. The zero-order valence-corrected chi connectivity index (χ0v) is 15.2. The molecule has 1 aromatic carbocycles. The van der Waals surface area contributed by atoms with Crippen LogP contribution in [0.3, 0.4) is 0 Å². The van der Waals surface area contributed by atoms with Gasteiger partial charge in [-0.3, -0.25) is 9.98 Å². The van der Waals surface area contributed by atoms with E-state index in [-0.39, 0.29) is 5.95 Å². The zero-order valence-electron chi connectivity index (χ0n) is 15.2. The van der Waals surface area contributed by atoms with Gasteiger partial charge in [0.1, 0.15) is 17.0 Å². The van der Waals surface area contributed by atoms with E-state index in [9.17, 15) is 5.11 Å². The monoisotopic (exact) mass is 363 g/mol. The van der Waals surface area contributed by atoms with Crippen LogP contribution in [0.15, 0.2) is 52.6 Å². The predicted molar refractivity (Wildman–Crippen MR) is 106 cm³/mol. The summed E-state index contributed by atoms with van der Waals surface area (Å²) in [6.45, 7) is 3.68. The number of nitrogens with two attached hydrogens (primary N) is 2. The van der Waals surface area contributed by atoms with Gasteiger partial charge < -0.3 is 16.7 Å². The molecule has 0 aliphatic carbocycles. The van der Waals surface area contributed by atoms with Crippen molar-refractivity contribution in [2.75, 3.05) is 5.73 Å². The number of aromatic nitrogens is 3. The van der Waals surface area contributed by atoms with E-state index in [4.69, 9.17) is 11.6 Å². The molecule has 0 radical (unpaired) electrons. The largest absolute Gasteiger partial charge is 0.384 e. The highest BCUT2D eigenvalue weighted by Crippen LogP contribution is 2.18. The molecule has 27 heavy (non-hydrogen) atoms. The molecule has 5 N–H and O–H groups in total. The summed E-state index contributed by atoms with van der Waals surface area (Å²) in [6, 6.07) is 12.9. The zero-order chi connectivity index (χ0) is 19.4. The molecule has 3 aromatic rings. The first-order valence-electron chi connectivity index (χ1n) is 8.37. The first kappa shape index (κ1) is 18.4. The van der Waals surface area contributed by atoms with Gasteiger partial charge in [-0.05, 0) is 32.0 Å². The minimum atomic E-state index is -1.01. The molecule has 0 fully saturated rings. The van der Waals surface area contributed by atoms with E-state index in [1.807, 2.05) is 36.4 Å². The van der Waals surface area contributed by atoms with E-state index in [0.717, 1.165) is 5.39 Å². The van der Waals surface area contributed by atoms with Crippen LogP contribution in [0.2, 0.25) is 0 Å². The summed E-state index contributed by atoms with van der Waals surface area (Å²) in [7, 11) is 0. The van der Waals surface area contributed by atoms with E-state index in [1.54, 1.807) is 19.9 Å². The Morgan fingerprint density at radius 2 is 1.89 bits per heavy atom. The van der Waals surface area contributed by atoms with Crippen molar-refractivity contribution >= 4 is 28.8 Å². The average molecular weight is 363 g/mol. The van der Waals surface area contributed by atoms with Crippen molar-refractivity contribution in [2.24, 2.45) is 15.9 Å². The van der Waals surface area contributed by atoms with Crippen molar-refractivity contribution in [3.63, 3.8) is 0 Å². The standard InChI is InChI=1S/C19H21N7O/c1-19(2,27)16-9-5-6-12(23-16)10-22-11-15(26-21)17-13-7-3-4-8-14(13)24-18(20)25-17/h3-9,11,27H,10,21H2,1-2H3,(H2,20,24,25). The Hall–Kier alpha value is -3.39. The molecule has 0 saturated carbocycles. The van der Waals surface area contributed by atoms with Gasteiger partial charge in [0.15, 0.2) is 0 Å². The molecule has 0 unspecified atom stereocenters. The number of hydrazone groups is 1. The van der Waals surface area contributed by atoms with Crippen LogP contribution in [0.5, 0.6) is 0 Å². The molecule has 0 spiro atoms. The van der Waals surface area contributed by atoms with Crippen LogP contribution < -0.4 is 11.6 Å². The molecule has 0 atom stereocenters. The Morgan fingerprint density at radius 1 is 1.11 bits per heavy atom. The lowest BCUT2D eigenvalue weighted by atomic mass is 10.0. The first-order chi connectivity index (χ1) is 12.9. The lowest BCUT2D eigenvalue weighted by Crippen LogP contribution is -2.18. The van der Waals surface area contributed by atoms with Crippen LogP contribution in [0.1, 0.15) is 30.9 Å². The lowest BCUT2D eigenvalue weighted by molar-refractivity contribution is 0.0736.